The monoisotopic (exact) mass is 348 g/mol. The average molecular weight is 348 g/mol. The molecule has 0 saturated carbocycles. The largest absolute Gasteiger partial charge is 0.331 e. The van der Waals surface area contributed by atoms with E-state index < -0.39 is 0 Å². The van der Waals surface area contributed by atoms with Crippen LogP contribution in [0.5, 0.6) is 0 Å². The number of benzene rings is 1. The molecule has 0 bridgehead atoms. The average Bonchev–Trinajstić information content (AvgIpc) is 3.31. The first kappa shape index (κ1) is 16.3. The van der Waals surface area contributed by atoms with Crippen molar-refractivity contribution in [3.8, 4) is 11.4 Å². The van der Waals surface area contributed by atoms with E-state index in [4.69, 9.17) is 0 Å². The number of amides is 2. The number of hydrogen-bond donors (Lipinski definition) is 2. The molecule has 1 aliphatic rings. The fourth-order valence-electron chi connectivity index (χ4n) is 3.38. The summed E-state index contributed by atoms with van der Waals surface area (Å²) < 4.78 is 0. The molecule has 0 spiro atoms. The number of carbonyl (C=O) groups is 1. The zero-order chi connectivity index (χ0) is 17.9. The molecule has 7 nitrogen and oxygen atoms in total. The van der Waals surface area contributed by atoms with Crippen LogP contribution in [0.15, 0.2) is 48.8 Å². The molecule has 1 aliphatic heterocycles. The third-order valence-electron chi connectivity index (χ3n) is 4.66. The van der Waals surface area contributed by atoms with Gasteiger partial charge in [0.25, 0.3) is 0 Å². The first-order valence-corrected chi connectivity index (χ1v) is 8.70. The van der Waals surface area contributed by atoms with Gasteiger partial charge < -0.3 is 10.2 Å². The van der Waals surface area contributed by atoms with Crippen LogP contribution in [0.3, 0.4) is 0 Å². The number of aromatic nitrogens is 4. The van der Waals surface area contributed by atoms with Crippen LogP contribution < -0.4 is 5.32 Å². The van der Waals surface area contributed by atoms with E-state index in [0.29, 0.717) is 24.7 Å². The maximum Gasteiger partial charge on any atom is 0.318 e. The summed E-state index contributed by atoms with van der Waals surface area (Å²) in [5, 5.41) is 10.0. The van der Waals surface area contributed by atoms with Crippen molar-refractivity contribution in [3.63, 3.8) is 0 Å². The lowest BCUT2D eigenvalue weighted by molar-refractivity contribution is 0.178. The molecule has 2 N–H and O–H groups in total. The zero-order valence-corrected chi connectivity index (χ0v) is 14.5. The molecule has 26 heavy (non-hydrogen) atoms. The second-order valence-electron chi connectivity index (χ2n) is 6.25. The second kappa shape index (κ2) is 6.95. The topological polar surface area (TPSA) is 86.8 Å². The van der Waals surface area contributed by atoms with E-state index in [0.717, 1.165) is 12.0 Å². The number of nitrogens with one attached hydrogen (secondary N) is 2. The summed E-state index contributed by atoms with van der Waals surface area (Å²) in [6.07, 6.45) is 4.28. The van der Waals surface area contributed by atoms with E-state index in [2.05, 4.69) is 44.5 Å². The Bertz CT molecular complexity index is 907. The molecule has 132 valence electrons. The minimum absolute atomic E-state index is 0.0880. The predicted molar refractivity (Wildman–Crippen MR) is 96.9 cm³/mol. The van der Waals surface area contributed by atoms with Crippen molar-refractivity contribution in [2.45, 2.75) is 32.5 Å². The number of carbonyl (C=O) groups excluding carboxylic acids is 1. The summed E-state index contributed by atoms with van der Waals surface area (Å²) in [5.74, 6) is 1.21. The highest BCUT2D eigenvalue weighted by Crippen LogP contribution is 2.35. The molecule has 1 unspecified atom stereocenters. The van der Waals surface area contributed by atoms with Crippen LogP contribution in [0.2, 0.25) is 0 Å². The summed E-state index contributed by atoms with van der Waals surface area (Å²) in [4.78, 5) is 23.0. The maximum atomic E-state index is 12.7. The van der Waals surface area contributed by atoms with Crippen molar-refractivity contribution in [1.29, 1.82) is 0 Å². The highest BCUT2D eigenvalue weighted by Gasteiger charge is 2.31. The summed E-state index contributed by atoms with van der Waals surface area (Å²) in [6.45, 7) is 3.05. The van der Waals surface area contributed by atoms with Crippen LogP contribution in [0.25, 0.3) is 11.4 Å². The van der Waals surface area contributed by atoms with Gasteiger partial charge in [-0.05, 0) is 29.7 Å². The molecular weight excluding hydrogens is 328 g/mol. The summed E-state index contributed by atoms with van der Waals surface area (Å²) in [7, 11) is 0. The van der Waals surface area contributed by atoms with E-state index in [1.165, 1.54) is 11.1 Å². The molecule has 2 aromatic heterocycles. The maximum absolute atomic E-state index is 12.7. The van der Waals surface area contributed by atoms with Gasteiger partial charge in [-0.25, -0.2) is 9.78 Å². The van der Waals surface area contributed by atoms with Crippen LogP contribution >= 0.6 is 0 Å². The summed E-state index contributed by atoms with van der Waals surface area (Å²) in [6, 6.07) is 12.0. The Hall–Kier alpha value is -3.22. The molecule has 0 aliphatic carbocycles. The lowest BCUT2D eigenvalue weighted by Crippen LogP contribution is -2.38. The number of aromatic amines is 1. The van der Waals surface area contributed by atoms with Crippen molar-refractivity contribution in [2.75, 3.05) is 0 Å². The van der Waals surface area contributed by atoms with Gasteiger partial charge in [0.2, 0.25) is 0 Å². The van der Waals surface area contributed by atoms with Crippen LogP contribution in [-0.2, 0) is 13.1 Å². The van der Waals surface area contributed by atoms with Crippen molar-refractivity contribution in [2.24, 2.45) is 0 Å². The van der Waals surface area contributed by atoms with Crippen molar-refractivity contribution in [3.05, 3.63) is 65.7 Å². The molecule has 2 amide bonds. The van der Waals surface area contributed by atoms with Gasteiger partial charge in [-0.3, -0.25) is 10.1 Å². The number of pyridine rings is 1. The highest BCUT2D eigenvalue weighted by atomic mass is 16.2. The van der Waals surface area contributed by atoms with Crippen LogP contribution in [0.1, 0.15) is 36.3 Å². The molecule has 7 heteroatoms. The van der Waals surface area contributed by atoms with Crippen molar-refractivity contribution in [1.82, 2.24) is 30.4 Å². The van der Waals surface area contributed by atoms with Gasteiger partial charge in [0.1, 0.15) is 5.82 Å². The smallest absolute Gasteiger partial charge is 0.318 e. The van der Waals surface area contributed by atoms with Crippen LogP contribution in [-0.4, -0.2) is 31.1 Å². The second-order valence-corrected chi connectivity index (χ2v) is 6.25. The summed E-state index contributed by atoms with van der Waals surface area (Å²) in [5.41, 5.74) is 3.34. The molecular formula is C19H20N6O. The third kappa shape index (κ3) is 3.03. The molecule has 0 radical (unpaired) electrons. The molecule has 3 heterocycles. The molecule has 0 fully saturated rings. The molecule has 1 atom stereocenters. The first-order chi connectivity index (χ1) is 12.8. The molecule has 0 saturated heterocycles. The molecule has 1 aromatic carbocycles. The van der Waals surface area contributed by atoms with Gasteiger partial charge in [-0.2, -0.15) is 5.10 Å². The van der Waals surface area contributed by atoms with Crippen molar-refractivity contribution < 1.29 is 4.79 Å². The van der Waals surface area contributed by atoms with E-state index in [-0.39, 0.29) is 12.1 Å². The minimum Gasteiger partial charge on any atom is -0.331 e. The van der Waals surface area contributed by atoms with Gasteiger partial charge in [-0.1, -0.05) is 31.2 Å². The normalized spacial score (nSPS) is 15.7. The van der Waals surface area contributed by atoms with Crippen LogP contribution in [0.4, 0.5) is 4.79 Å². The van der Waals surface area contributed by atoms with E-state index >= 15 is 0 Å². The number of nitrogens with zero attached hydrogens (tertiary/aromatic N) is 4. The number of H-pyrrole nitrogens is 1. The SMILES string of the molecule is CCC1c2ccccc2CN1C(=O)NCc1nc(-c2ccncc2)n[nH]1. The Labute approximate surface area is 151 Å². The number of urea groups is 1. The Morgan fingerprint density at radius 2 is 2.08 bits per heavy atom. The Morgan fingerprint density at radius 3 is 2.88 bits per heavy atom. The van der Waals surface area contributed by atoms with Crippen LogP contribution in [0, 0.1) is 0 Å². The Balaban J connectivity index is 1.41. The van der Waals surface area contributed by atoms with Gasteiger partial charge in [0.05, 0.1) is 12.6 Å². The Morgan fingerprint density at radius 1 is 1.27 bits per heavy atom. The Kier molecular flexibility index (Phi) is 4.35. The van der Waals surface area contributed by atoms with E-state index in [1.54, 1.807) is 12.4 Å². The van der Waals surface area contributed by atoms with Gasteiger partial charge in [0.15, 0.2) is 5.82 Å². The lowest BCUT2D eigenvalue weighted by atomic mass is 10.0. The van der Waals surface area contributed by atoms with Gasteiger partial charge >= 0.3 is 6.03 Å². The minimum atomic E-state index is -0.0880. The quantitative estimate of drug-likeness (QED) is 0.759. The van der Waals surface area contributed by atoms with Gasteiger partial charge in [0, 0.05) is 24.5 Å². The molecule has 3 aromatic rings. The lowest BCUT2D eigenvalue weighted by Gasteiger charge is -2.24. The van der Waals surface area contributed by atoms with Gasteiger partial charge in [-0.15, -0.1) is 0 Å². The number of fused-ring (bicyclic) bond motifs is 1. The van der Waals surface area contributed by atoms with E-state index in [1.807, 2.05) is 29.2 Å². The highest BCUT2D eigenvalue weighted by molar-refractivity contribution is 5.75. The molecule has 4 rings (SSSR count). The predicted octanol–water partition coefficient (Wildman–Crippen LogP) is 3.04. The number of rotatable bonds is 4. The summed E-state index contributed by atoms with van der Waals surface area (Å²) >= 11 is 0. The zero-order valence-electron chi connectivity index (χ0n) is 14.5. The first-order valence-electron chi connectivity index (χ1n) is 8.70. The third-order valence-corrected chi connectivity index (χ3v) is 4.66. The van der Waals surface area contributed by atoms with E-state index in [9.17, 15) is 4.79 Å². The fraction of sp³-hybridized carbons (Fsp3) is 0.263. The fourth-order valence-corrected chi connectivity index (χ4v) is 3.38. The standard InChI is InChI=1S/C19H20N6O/c1-2-16-15-6-4-3-5-14(15)12-25(16)19(26)21-11-17-22-18(24-23-17)13-7-9-20-10-8-13/h3-10,16H,2,11-12H2,1H3,(H,21,26)(H,22,23,24). The number of hydrogen-bond acceptors (Lipinski definition) is 4. The van der Waals surface area contributed by atoms with Crippen molar-refractivity contribution >= 4 is 6.03 Å².